The number of amides is 1. The van der Waals surface area contributed by atoms with Gasteiger partial charge >= 0.3 is 5.97 Å². The lowest BCUT2D eigenvalue weighted by Crippen LogP contribution is -2.12. The molecule has 0 aromatic heterocycles. The van der Waals surface area contributed by atoms with Crippen molar-refractivity contribution < 1.29 is 19.4 Å². The Bertz CT molecular complexity index is 195. The van der Waals surface area contributed by atoms with Gasteiger partial charge in [0.1, 0.15) is 6.61 Å². The Kier molecular flexibility index (Phi) is 7.45. The molecular weight excluding hydrogens is 186 g/mol. The van der Waals surface area contributed by atoms with E-state index in [1.54, 1.807) is 0 Å². The first-order chi connectivity index (χ1) is 6.70. The van der Waals surface area contributed by atoms with Crippen LogP contribution in [-0.2, 0) is 14.3 Å². The highest BCUT2D eigenvalue weighted by Crippen LogP contribution is 1.93. The summed E-state index contributed by atoms with van der Waals surface area (Å²) in [5.74, 6) is -0.297. The Morgan fingerprint density at radius 3 is 2.71 bits per heavy atom. The van der Waals surface area contributed by atoms with Gasteiger partial charge in [-0.05, 0) is 6.42 Å². The van der Waals surface area contributed by atoms with Crippen molar-refractivity contribution in [3.63, 3.8) is 0 Å². The first-order valence-corrected chi connectivity index (χ1v) is 4.37. The lowest BCUT2D eigenvalue weighted by Gasteiger charge is -1.94. The maximum atomic E-state index is 10.1. The van der Waals surface area contributed by atoms with Gasteiger partial charge in [0, 0.05) is 19.0 Å². The fraction of sp³-hybridized carbons (Fsp3) is 0.556. The highest BCUT2D eigenvalue weighted by Gasteiger charge is 2.05. The Hall–Kier alpha value is -1.36. The van der Waals surface area contributed by atoms with E-state index >= 15 is 0 Å². The topological polar surface area (TPSA) is 75.6 Å². The van der Waals surface area contributed by atoms with Crippen molar-refractivity contribution in [3.05, 3.63) is 12.7 Å². The van der Waals surface area contributed by atoms with Gasteiger partial charge < -0.3 is 15.2 Å². The third kappa shape index (κ3) is 7.30. The summed E-state index contributed by atoms with van der Waals surface area (Å²) in [6, 6.07) is 0. The normalized spacial score (nSPS) is 13.6. The molecule has 2 N–H and O–H groups in total. The maximum Gasteiger partial charge on any atom is 0.330 e. The number of ether oxygens (including phenoxy) is 1. The van der Waals surface area contributed by atoms with Crippen molar-refractivity contribution >= 4 is 11.9 Å². The van der Waals surface area contributed by atoms with E-state index in [0.29, 0.717) is 0 Å². The number of aliphatic hydroxyl groups excluding tert-OH is 1. The molecule has 5 heteroatoms. The molecule has 5 nitrogen and oxygen atoms in total. The number of esters is 1. The van der Waals surface area contributed by atoms with E-state index in [0.717, 1.165) is 25.5 Å². The van der Waals surface area contributed by atoms with Crippen molar-refractivity contribution in [3.8, 4) is 0 Å². The summed E-state index contributed by atoms with van der Waals surface area (Å²) >= 11 is 0. The second-order valence-electron chi connectivity index (χ2n) is 2.55. The standard InChI is InChI=1S/C5H8O3.C4H7NO/c1-2-5(7)8-4-3-6;6-4-2-1-3-5-4/h2,6H,1,3-4H2;1-3H2,(H,5,6). The smallest absolute Gasteiger partial charge is 0.330 e. The highest BCUT2D eigenvalue weighted by atomic mass is 16.5. The summed E-state index contributed by atoms with van der Waals surface area (Å²) in [5.41, 5.74) is 0. The van der Waals surface area contributed by atoms with Crippen molar-refractivity contribution in [2.24, 2.45) is 0 Å². The fourth-order valence-electron chi connectivity index (χ4n) is 0.770. The van der Waals surface area contributed by atoms with Crippen LogP contribution in [0.1, 0.15) is 12.8 Å². The minimum absolute atomic E-state index is 0.0465. The minimum Gasteiger partial charge on any atom is -0.460 e. The summed E-state index contributed by atoms with van der Waals surface area (Å²) in [6.45, 7) is 3.95. The van der Waals surface area contributed by atoms with Crippen LogP contribution in [0, 0.1) is 0 Å². The third-order valence-corrected chi connectivity index (χ3v) is 1.41. The van der Waals surface area contributed by atoms with Crippen LogP contribution in [0.3, 0.4) is 0 Å². The van der Waals surface area contributed by atoms with Gasteiger partial charge in [0.2, 0.25) is 5.91 Å². The average molecular weight is 201 g/mol. The largest absolute Gasteiger partial charge is 0.460 e. The van der Waals surface area contributed by atoms with Crippen LogP contribution in [0.15, 0.2) is 12.7 Å². The van der Waals surface area contributed by atoms with E-state index in [1.165, 1.54) is 0 Å². The van der Waals surface area contributed by atoms with Gasteiger partial charge in [-0.2, -0.15) is 0 Å². The van der Waals surface area contributed by atoms with Crippen molar-refractivity contribution in [1.29, 1.82) is 0 Å². The molecule has 0 saturated carbocycles. The molecule has 14 heavy (non-hydrogen) atoms. The zero-order chi connectivity index (χ0) is 10.8. The van der Waals surface area contributed by atoms with Crippen LogP contribution in [0.2, 0.25) is 0 Å². The Balaban J connectivity index is 0.000000249. The average Bonchev–Trinajstić information content (AvgIpc) is 2.66. The monoisotopic (exact) mass is 201 g/mol. The van der Waals surface area contributed by atoms with Gasteiger partial charge in [0.15, 0.2) is 0 Å². The van der Waals surface area contributed by atoms with E-state index in [9.17, 15) is 9.59 Å². The van der Waals surface area contributed by atoms with E-state index in [1.807, 2.05) is 0 Å². The number of aliphatic hydroxyl groups is 1. The Morgan fingerprint density at radius 1 is 1.71 bits per heavy atom. The molecule has 1 heterocycles. The number of carbonyl (C=O) groups excluding carboxylic acids is 2. The van der Waals surface area contributed by atoms with E-state index in [2.05, 4.69) is 16.6 Å². The van der Waals surface area contributed by atoms with E-state index < -0.39 is 5.97 Å². The van der Waals surface area contributed by atoms with Crippen LogP contribution >= 0.6 is 0 Å². The van der Waals surface area contributed by atoms with Crippen LogP contribution in [0.4, 0.5) is 0 Å². The summed E-state index contributed by atoms with van der Waals surface area (Å²) in [7, 11) is 0. The van der Waals surface area contributed by atoms with Crippen LogP contribution in [0.25, 0.3) is 0 Å². The third-order valence-electron chi connectivity index (χ3n) is 1.41. The molecule has 0 aliphatic carbocycles. The molecule has 1 aliphatic rings. The molecule has 1 fully saturated rings. The van der Waals surface area contributed by atoms with Crippen molar-refractivity contribution in [2.45, 2.75) is 12.8 Å². The van der Waals surface area contributed by atoms with Crippen LogP contribution < -0.4 is 5.32 Å². The Morgan fingerprint density at radius 2 is 2.43 bits per heavy atom. The van der Waals surface area contributed by atoms with Gasteiger partial charge in [-0.3, -0.25) is 4.79 Å². The summed E-state index contributed by atoms with van der Waals surface area (Å²) in [4.78, 5) is 20.3. The summed E-state index contributed by atoms with van der Waals surface area (Å²) in [6.07, 6.45) is 2.81. The van der Waals surface area contributed by atoms with Crippen LogP contribution in [-0.4, -0.2) is 36.7 Å². The number of nitrogens with one attached hydrogen (secondary N) is 1. The molecule has 1 aliphatic heterocycles. The Labute approximate surface area is 82.7 Å². The first-order valence-electron chi connectivity index (χ1n) is 4.37. The predicted molar refractivity (Wildman–Crippen MR) is 50.5 cm³/mol. The second-order valence-corrected chi connectivity index (χ2v) is 2.55. The molecule has 0 aromatic rings. The molecule has 80 valence electrons. The van der Waals surface area contributed by atoms with Gasteiger partial charge in [-0.25, -0.2) is 4.79 Å². The zero-order valence-electron chi connectivity index (χ0n) is 7.99. The van der Waals surface area contributed by atoms with E-state index in [4.69, 9.17) is 5.11 Å². The lowest BCUT2D eigenvalue weighted by atomic mass is 10.4. The summed E-state index contributed by atoms with van der Waals surface area (Å²) in [5, 5.41) is 10.8. The number of rotatable bonds is 3. The second kappa shape index (κ2) is 8.25. The van der Waals surface area contributed by atoms with Gasteiger partial charge in [0.25, 0.3) is 0 Å². The van der Waals surface area contributed by atoms with Crippen molar-refractivity contribution in [2.75, 3.05) is 19.8 Å². The number of hydrogen-bond acceptors (Lipinski definition) is 4. The molecule has 0 spiro atoms. The van der Waals surface area contributed by atoms with Crippen molar-refractivity contribution in [1.82, 2.24) is 5.32 Å². The SMILES string of the molecule is C=CC(=O)OCCO.O=C1CCCN1. The molecule has 0 unspecified atom stereocenters. The maximum absolute atomic E-state index is 10.1. The zero-order valence-corrected chi connectivity index (χ0v) is 7.99. The molecule has 1 amide bonds. The van der Waals surface area contributed by atoms with E-state index in [-0.39, 0.29) is 19.1 Å². The quantitative estimate of drug-likeness (QED) is 0.481. The fourth-order valence-corrected chi connectivity index (χ4v) is 0.770. The minimum atomic E-state index is -0.501. The number of carbonyl (C=O) groups is 2. The molecule has 0 bridgehead atoms. The molecule has 0 aromatic carbocycles. The lowest BCUT2D eigenvalue weighted by molar-refractivity contribution is -0.138. The molecule has 0 radical (unpaired) electrons. The molecule has 0 atom stereocenters. The van der Waals surface area contributed by atoms with Gasteiger partial charge in [-0.15, -0.1) is 0 Å². The first kappa shape index (κ1) is 12.6. The number of hydrogen-bond donors (Lipinski definition) is 2. The molecule has 1 saturated heterocycles. The van der Waals surface area contributed by atoms with Gasteiger partial charge in [0.05, 0.1) is 6.61 Å². The van der Waals surface area contributed by atoms with Gasteiger partial charge in [-0.1, -0.05) is 6.58 Å². The van der Waals surface area contributed by atoms with Crippen LogP contribution in [0.5, 0.6) is 0 Å². The highest BCUT2D eigenvalue weighted by molar-refractivity contribution is 5.81. The molecular formula is C9H15NO4. The molecule has 1 rings (SSSR count). The predicted octanol–water partition coefficient (Wildman–Crippen LogP) is -0.396. The summed E-state index contributed by atoms with van der Waals surface area (Å²) < 4.78 is 4.33.